The normalized spacial score (nSPS) is 17.4. The van der Waals surface area contributed by atoms with E-state index in [0.29, 0.717) is 24.4 Å². The Morgan fingerprint density at radius 2 is 1.97 bits per heavy atom. The summed E-state index contributed by atoms with van der Waals surface area (Å²) in [6.07, 6.45) is -1.53. The molecule has 0 bridgehead atoms. The molecular weight excluding hydrogens is 431 g/mol. The monoisotopic (exact) mass is 457 g/mol. The molecule has 0 unspecified atom stereocenters. The molecule has 6 nitrogen and oxygen atoms in total. The Balaban J connectivity index is 1.61. The number of pyridine rings is 1. The minimum Gasteiger partial charge on any atom is -0.315 e. The van der Waals surface area contributed by atoms with Crippen LogP contribution in [0.3, 0.4) is 0 Å². The quantitative estimate of drug-likeness (QED) is 0.652. The first-order chi connectivity index (χ1) is 15.8. The lowest BCUT2D eigenvalue weighted by Crippen LogP contribution is -2.28. The Morgan fingerprint density at radius 1 is 1.12 bits per heavy atom. The molecule has 1 aromatic carbocycles. The van der Waals surface area contributed by atoms with Crippen molar-refractivity contribution in [3.63, 3.8) is 0 Å². The van der Waals surface area contributed by atoms with Crippen LogP contribution in [0.5, 0.6) is 0 Å². The van der Waals surface area contributed by atoms with Gasteiger partial charge in [-0.15, -0.1) is 0 Å². The fourth-order valence-electron chi connectivity index (χ4n) is 4.79. The average molecular weight is 458 g/mol. The fourth-order valence-corrected chi connectivity index (χ4v) is 4.79. The molecule has 1 saturated heterocycles. The van der Waals surface area contributed by atoms with Gasteiger partial charge < -0.3 is 14.6 Å². The topological polar surface area (TPSA) is 52.9 Å². The molecule has 2 aromatic heterocycles. The summed E-state index contributed by atoms with van der Waals surface area (Å²) in [6.45, 7) is 6.18. The highest BCUT2D eigenvalue weighted by molar-refractivity contribution is 5.94. The van der Waals surface area contributed by atoms with E-state index in [1.54, 1.807) is 16.2 Å². The highest BCUT2D eigenvalue weighted by atomic mass is 19.4. The molecule has 2 aliphatic heterocycles. The number of carbonyl (C=O) groups is 1. The van der Waals surface area contributed by atoms with E-state index in [0.717, 1.165) is 73.8 Å². The zero-order valence-electron chi connectivity index (χ0n) is 18.5. The molecule has 5 rings (SSSR count). The zero-order chi connectivity index (χ0) is 23.2. The van der Waals surface area contributed by atoms with Gasteiger partial charge in [0.05, 0.1) is 17.0 Å². The number of imidazole rings is 1. The largest absolute Gasteiger partial charge is 0.417 e. The maximum absolute atomic E-state index is 13.5. The third kappa shape index (κ3) is 4.22. The van der Waals surface area contributed by atoms with Gasteiger partial charge in [0.1, 0.15) is 5.65 Å². The molecule has 9 heteroatoms. The predicted molar refractivity (Wildman–Crippen MR) is 120 cm³/mol. The summed E-state index contributed by atoms with van der Waals surface area (Å²) in [6, 6.07) is 8.38. The lowest BCUT2D eigenvalue weighted by atomic mass is 10.0. The minimum atomic E-state index is -4.42. The second-order valence-electron chi connectivity index (χ2n) is 8.69. The van der Waals surface area contributed by atoms with Crippen LogP contribution in [0.2, 0.25) is 0 Å². The summed E-state index contributed by atoms with van der Waals surface area (Å²) in [4.78, 5) is 20.7. The van der Waals surface area contributed by atoms with Gasteiger partial charge >= 0.3 is 6.18 Å². The van der Waals surface area contributed by atoms with Crippen LogP contribution in [0.1, 0.15) is 30.2 Å². The summed E-state index contributed by atoms with van der Waals surface area (Å²) in [5, 5.41) is 3.37. The Labute approximate surface area is 190 Å². The molecule has 4 heterocycles. The van der Waals surface area contributed by atoms with Crippen LogP contribution in [-0.2, 0) is 23.9 Å². The average Bonchev–Trinajstić information content (AvgIpc) is 3.25. The number of rotatable bonds is 3. The maximum Gasteiger partial charge on any atom is 0.417 e. The van der Waals surface area contributed by atoms with Gasteiger partial charge in [0.15, 0.2) is 0 Å². The molecule has 1 fully saturated rings. The van der Waals surface area contributed by atoms with E-state index in [1.807, 2.05) is 18.2 Å². The van der Waals surface area contributed by atoms with Crippen molar-refractivity contribution in [2.24, 2.45) is 0 Å². The number of aromatic nitrogens is 2. The molecule has 33 heavy (non-hydrogen) atoms. The number of benzene rings is 1. The van der Waals surface area contributed by atoms with E-state index in [4.69, 9.17) is 4.98 Å². The van der Waals surface area contributed by atoms with E-state index in [9.17, 15) is 18.0 Å². The third-order valence-corrected chi connectivity index (χ3v) is 6.48. The van der Waals surface area contributed by atoms with Gasteiger partial charge in [-0.2, -0.15) is 13.2 Å². The van der Waals surface area contributed by atoms with Crippen LogP contribution in [0.15, 0.2) is 36.5 Å². The van der Waals surface area contributed by atoms with Crippen molar-refractivity contribution < 1.29 is 18.0 Å². The van der Waals surface area contributed by atoms with Crippen molar-refractivity contribution >= 4 is 17.2 Å². The molecule has 0 aliphatic carbocycles. The number of hydrogen-bond donors (Lipinski definition) is 1. The summed E-state index contributed by atoms with van der Waals surface area (Å²) in [5.74, 6) is 0.00405. The fraction of sp³-hybridized carbons (Fsp3) is 0.417. The summed E-state index contributed by atoms with van der Waals surface area (Å²) < 4.78 is 42.0. The van der Waals surface area contributed by atoms with E-state index >= 15 is 0 Å². The predicted octanol–water partition coefficient (Wildman–Crippen LogP) is 3.72. The summed E-state index contributed by atoms with van der Waals surface area (Å²) >= 11 is 0. The van der Waals surface area contributed by atoms with Crippen molar-refractivity contribution in [3.05, 3.63) is 53.3 Å². The Bertz CT molecular complexity index is 1190. The number of amides is 1. The van der Waals surface area contributed by atoms with Crippen molar-refractivity contribution in [2.45, 2.75) is 32.5 Å². The van der Waals surface area contributed by atoms with Gasteiger partial charge in [0, 0.05) is 50.6 Å². The first-order valence-corrected chi connectivity index (χ1v) is 11.2. The van der Waals surface area contributed by atoms with Gasteiger partial charge in [0.25, 0.3) is 0 Å². The SMILES string of the molecule is CC(=O)N1CCc2cc(-c3nc4ccc(C(F)(F)F)cn4c3CN3CCCNCC3)ccc21. The molecule has 0 saturated carbocycles. The second-order valence-corrected chi connectivity index (χ2v) is 8.69. The molecule has 0 radical (unpaired) electrons. The number of carbonyl (C=O) groups excluding carboxylic acids is 1. The molecule has 3 aromatic rings. The number of halogens is 3. The Kier molecular flexibility index (Phi) is 5.62. The molecule has 174 valence electrons. The van der Waals surface area contributed by atoms with Crippen molar-refractivity contribution in [3.8, 4) is 11.3 Å². The maximum atomic E-state index is 13.5. The van der Waals surface area contributed by atoms with Gasteiger partial charge in [0.2, 0.25) is 5.91 Å². The van der Waals surface area contributed by atoms with Crippen molar-refractivity contribution in [1.29, 1.82) is 0 Å². The third-order valence-electron chi connectivity index (χ3n) is 6.48. The van der Waals surface area contributed by atoms with Crippen LogP contribution in [0, 0.1) is 0 Å². The first kappa shape index (κ1) is 21.9. The van der Waals surface area contributed by atoms with E-state index in [-0.39, 0.29) is 5.91 Å². The van der Waals surface area contributed by atoms with Crippen LogP contribution < -0.4 is 10.2 Å². The number of nitrogens with one attached hydrogen (secondary N) is 1. The molecule has 2 aliphatic rings. The van der Waals surface area contributed by atoms with Gasteiger partial charge in [-0.3, -0.25) is 9.69 Å². The second kappa shape index (κ2) is 8.46. The Morgan fingerprint density at radius 3 is 2.76 bits per heavy atom. The van der Waals surface area contributed by atoms with Gasteiger partial charge in [-0.1, -0.05) is 6.07 Å². The summed E-state index contributed by atoms with van der Waals surface area (Å²) in [5.41, 5.74) is 4.06. The highest BCUT2D eigenvalue weighted by Crippen LogP contribution is 2.35. The number of fused-ring (bicyclic) bond motifs is 2. The molecular formula is C24H26F3N5O. The number of hydrogen-bond acceptors (Lipinski definition) is 4. The zero-order valence-corrected chi connectivity index (χ0v) is 18.5. The standard InChI is InChI=1S/C24H26F3N5O/c1-16(33)31-11-7-17-13-18(3-5-20(17)31)23-21(15-30-10-2-8-28-9-12-30)32-14-19(24(25,26)27)4-6-22(32)29-23/h3-6,13-14,28H,2,7-12,15H2,1H3. The van der Waals surface area contributed by atoms with Crippen LogP contribution in [0.25, 0.3) is 16.9 Å². The van der Waals surface area contributed by atoms with E-state index in [2.05, 4.69) is 10.2 Å². The summed E-state index contributed by atoms with van der Waals surface area (Å²) in [7, 11) is 0. The molecule has 1 amide bonds. The number of nitrogens with zero attached hydrogens (tertiary/aromatic N) is 4. The molecule has 0 atom stereocenters. The number of anilines is 1. The molecule has 1 N–H and O–H groups in total. The minimum absolute atomic E-state index is 0.00405. The van der Waals surface area contributed by atoms with Gasteiger partial charge in [-0.05, 0) is 55.8 Å². The highest BCUT2D eigenvalue weighted by Gasteiger charge is 2.32. The smallest absolute Gasteiger partial charge is 0.315 e. The van der Waals surface area contributed by atoms with E-state index < -0.39 is 11.7 Å². The van der Waals surface area contributed by atoms with Gasteiger partial charge in [-0.25, -0.2) is 4.98 Å². The van der Waals surface area contributed by atoms with Crippen LogP contribution >= 0.6 is 0 Å². The van der Waals surface area contributed by atoms with Crippen LogP contribution in [0.4, 0.5) is 18.9 Å². The lowest BCUT2D eigenvalue weighted by molar-refractivity contribution is -0.137. The molecule has 0 spiro atoms. The van der Waals surface area contributed by atoms with Crippen molar-refractivity contribution in [2.75, 3.05) is 37.6 Å². The van der Waals surface area contributed by atoms with Crippen molar-refractivity contribution in [1.82, 2.24) is 19.6 Å². The lowest BCUT2D eigenvalue weighted by Gasteiger charge is -2.20. The number of alkyl halides is 3. The van der Waals surface area contributed by atoms with Crippen LogP contribution in [-0.4, -0.2) is 52.9 Å². The Hall–Kier alpha value is -2.91. The van der Waals surface area contributed by atoms with E-state index in [1.165, 1.54) is 6.07 Å². The first-order valence-electron chi connectivity index (χ1n) is 11.2.